The molecular weight excluding hydrogens is 342 g/mol. The highest BCUT2D eigenvalue weighted by molar-refractivity contribution is 6.31. The molecular formula is C17H9N3O6. The number of carbonyl (C=O) groups is 5. The van der Waals surface area contributed by atoms with Crippen molar-refractivity contribution >= 4 is 35.7 Å². The number of hydrogen-bond acceptors (Lipinski definition) is 6. The highest BCUT2D eigenvalue weighted by atomic mass is 16.3. The van der Waals surface area contributed by atoms with Gasteiger partial charge in [0.25, 0.3) is 23.6 Å². The number of nitrogens with one attached hydrogen (secondary N) is 3. The van der Waals surface area contributed by atoms with Crippen LogP contribution in [0.3, 0.4) is 0 Å². The molecule has 0 atom stereocenters. The number of urea groups is 1. The lowest BCUT2D eigenvalue weighted by Gasteiger charge is -2.13. The van der Waals surface area contributed by atoms with Gasteiger partial charge in [0.15, 0.2) is 0 Å². The Morgan fingerprint density at radius 1 is 0.731 bits per heavy atom. The zero-order valence-electron chi connectivity index (χ0n) is 12.9. The third-order valence-corrected chi connectivity index (χ3v) is 3.88. The summed E-state index contributed by atoms with van der Waals surface area (Å²) in [5.41, 5.74) is 0.802. The highest BCUT2D eigenvalue weighted by Crippen LogP contribution is 2.27. The third-order valence-electron chi connectivity index (χ3n) is 3.88. The number of carbonyl (C=O) groups excluding carboxylic acids is 5. The van der Waals surface area contributed by atoms with Crippen molar-refractivity contribution < 1.29 is 28.4 Å². The summed E-state index contributed by atoms with van der Waals surface area (Å²) in [4.78, 5) is 57.8. The van der Waals surface area contributed by atoms with E-state index in [9.17, 15) is 24.0 Å². The van der Waals surface area contributed by atoms with Crippen LogP contribution in [0.2, 0.25) is 0 Å². The largest absolute Gasteiger partial charge is 0.457 e. The predicted octanol–water partition coefficient (Wildman–Crippen LogP) is 0.580. The van der Waals surface area contributed by atoms with E-state index < -0.39 is 29.7 Å². The van der Waals surface area contributed by atoms with Crippen molar-refractivity contribution in [3.63, 3.8) is 0 Å². The van der Waals surface area contributed by atoms with Crippen LogP contribution < -0.4 is 16.0 Å². The van der Waals surface area contributed by atoms with Crippen LogP contribution in [0.4, 0.5) is 4.79 Å². The highest BCUT2D eigenvalue weighted by Gasteiger charge is 2.29. The standard InChI is InChI=1S/C17H9N3O6/c21-13-9-3-1-7(5-10(9)14(22)18-13)12-4-2-8(26-12)6-11-15(23)19-17(25)20-16(11)24/h1-6H,(H,18,21,22)(H2,19,20,23,24,25). The summed E-state index contributed by atoms with van der Waals surface area (Å²) in [7, 11) is 0. The summed E-state index contributed by atoms with van der Waals surface area (Å²) in [6.07, 6.45) is 1.20. The first-order chi connectivity index (χ1) is 12.4. The Bertz CT molecular complexity index is 1040. The molecule has 1 aromatic heterocycles. The molecule has 2 aromatic rings. The fourth-order valence-electron chi connectivity index (χ4n) is 2.66. The molecule has 3 heterocycles. The lowest BCUT2D eigenvalue weighted by Crippen LogP contribution is -2.51. The quantitative estimate of drug-likeness (QED) is 0.411. The Kier molecular flexibility index (Phi) is 3.29. The van der Waals surface area contributed by atoms with Crippen LogP contribution in [0.1, 0.15) is 26.5 Å². The van der Waals surface area contributed by atoms with Crippen molar-refractivity contribution in [3.8, 4) is 11.3 Å². The molecule has 0 aliphatic carbocycles. The van der Waals surface area contributed by atoms with Gasteiger partial charge in [-0.3, -0.25) is 35.1 Å². The molecule has 3 N–H and O–H groups in total. The minimum atomic E-state index is -0.886. The molecule has 0 saturated carbocycles. The van der Waals surface area contributed by atoms with Crippen LogP contribution in [-0.2, 0) is 9.59 Å². The SMILES string of the molecule is O=C1NC(=O)C(=Cc2ccc(-c3ccc4c(c3)C(=O)NC4=O)o2)C(=O)N1. The van der Waals surface area contributed by atoms with Gasteiger partial charge in [0.2, 0.25) is 0 Å². The van der Waals surface area contributed by atoms with Crippen molar-refractivity contribution in [1.82, 2.24) is 16.0 Å². The van der Waals surface area contributed by atoms with Crippen LogP contribution in [-0.4, -0.2) is 29.7 Å². The Morgan fingerprint density at radius 2 is 1.42 bits per heavy atom. The molecule has 0 radical (unpaired) electrons. The molecule has 9 heteroatoms. The van der Waals surface area contributed by atoms with Gasteiger partial charge in [-0.15, -0.1) is 0 Å². The summed E-state index contributed by atoms with van der Waals surface area (Å²) >= 11 is 0. The first-order valence-electron chi connectivity index (χ1n) is 7.40. The van der Waals surface area contributed by atoms with Gasteiger partial charge in [0, 0.05) is 5.56 Å². The van der Waals surface area contributed by atoms with Gasteiger partial charge in [0.05, 0.1) is 11.1 Å². The smallest absolute Gasteiger partial charge is 0.328 e. The number of benzene rings is 1. The van der Waals surface area contributed by atoms with E-state index in [0.29, 0.717) is 11.3 Å². The minimum Gasteiger partial charge on any atom is -0.457 e. The fraction of sp³-hybridized carbons (Fsp3) is 0. The van der Waals surface area contributed by atoms with Gasteiger partial charge in [-0.05, 0) is 30.3 Å². The summed E-state index contributed by atoms with van der Waals surface area (Å²) in [5, 5.41) is 6.12. The lowest BCUT2D eigenvalue weighted by atomic mass is 10.0. The van der Waals surface area contributed by atoms with Gasteiger partial charge < -0.3 is 4.42 Å². The average molecular weight is 351 g/mol. The summed E-state index contributed by atoms with van der Waals surface area (Å²) < 4.78 is 5.58. The Morgan fingerprint density at radius 3 is 2.15 bits per heavy atom. The van der Waals surface area contributed by atoms with Crippen molar-refractivity contribution in [2.75, 3.05) is 0 Å². The molecule has 4 rings (SSSR count). The van der Waals surface area contributed by atoms with Crippen LogP contribution in [0.5, 0.6) is 0 Å². The van der Waals surface area contributed by atoms with Gasteiger partial charge in [-0.1, -0.05) is 6.07 Å². The molecule has 128 valence electrons. The van der Waals surface area contributed by atoms with Gasteiger partial charge in [-0.25, -0.2) is 4.79 Å². The van der Waals surface area contributed by atoms with Crippen LogP contribution in [0, 0.1) is 0 Å². The maximum absolute atomic E-state index is 11.7. The maximum Gasteiger partial charge on any atom is 0.328 e. The molecule has 0 spiro atoms. The number of barbiturate groups is 1. The second-order valence-corrected chi connectivity index (χ2v) is 5.54. The van der Waals surface area contributed by atoms with E-state index in [1.165, 1.54) is 24.3 Å². The number of amides is 6. The second-order valence-electron chi connectivity index (χ2n) is 5.54. The average Bonchev–Trinajstić information content (AvgIpc) is 3.16. The number of furan rings is 1. The Labute approximate surface area is 145 Å². The molecule has 1 fully saturated rings. The summed E-state index contributed by atoms with van der Waals surface area (Å²) in [5.74, 6) is -2.02. The van der Waals surface area contributed by atoms with Gasteiger partial charge >= 0.3 is 6.03 Å². The van der Waals surface area contributed by atoms with Crippen LogP contribution in [0.25, 0.3) is 17.4 Å². The molecule has 1 aromatic carbocycles. The minimum absolute atomic E-state index is 0.204. The topological polar surface area (TPSA) is 135 Å². The van der Waals surface area contributed by atoms with E-state index >= 15 is 0 Å². The van der Waals surface area contributed by atoms with Gasteiger partial charge in [-0.2, -0.15) is 0 Å². The lowest BCUT2D eigenvalue weighted by molar-refractivity contribution is -0.123. The second kappa shape index (κ2) is 5.52. The van der Waals surface area contributed by atoms with Crippen molar-refractivity contribution in [2.24, 2.45) is 0 Å². The van der Waals surface area contributed by atoms with E-state index in [1.54, 1.807) is 12.1 Å². The monoisotopic (exact) mass is 351 g/mol. The van der Waals surface area contributed by atoms with E-state index in [4.69, 9.17) is 4.42 Å². The Balaban J connectivity index is 1.66. The molecule has 2 aliphatic heterocycles. The fourth-order valence-corrected chi connectivity index (χ4v) is 2.66. The summed E-state index contributed by atoms with van der Waals surface area (Å²) in [6.45, 7) is 0. The number of hydrogen-bond donors (Lipinski definition) is 3. The van der Waals surface area contributed by atoms with Gasteiger partial charge in [0.1, 0.15) is 17.1 Å². The molecule has 9 nitrogen and oxygen atoms in total. The van der Waals surface area contributed by atoms with E-state index in [2.05, 4.69) is 5.32 Å². The van der Waals surface area contributed by atoms with Crippen molar-refractivity contribution in [3.05, 3.63) is 52.8 Å². The zero-order chi connectivity index (χ0) is 18.4. The molecule has 1 saturated heterocycles. The van der Waals surface area contributed by atoms with Crippen molar-refractivity contribution in [2.45, 2.75) is 0 Å². The molecule has 2 aliphatic rings. The van der Waals surface area contributed by atoms with E-state index in [-0.39, 0.29) is 22.5 Å². The number of rotatable bonds is 2. The number of fused-ring (bicyclic) bond motifs is 1. The van der Waals surface area contributed by atoms with E-state index in [0.717, 1.165) is 0 Å². The third kappa shape index (κ3) is 2.47. The maximum atomic E-state index is 11.7. The van der Waals surface area contributed by atoms with Crippen LogP contribution >= 0.6 is 0 Å². The molecule has 26 heavy (non-hydrogen) atoms. The van der Waals surface area contributed by atoms with E-state index in [1.807, 2.05) is 10.6 Å². The van der Waals surface area contributed by atoms with Crippen molar-refractivity contribution in [1.29, 1.82) is 0 Å². The first-order valence-corrected chi connectivity index (χ1v) is 7.40. The summed E-state index contributed by atoms with van der Waals surface area (Å²) in [6, 6.07) is 6.88. The zero-order valence-corrected chi connectivity index (χ0v) is 12.9. The number of imide groups is 3. The molecule has 6 amide bonds. The first kappa shape index (κ1) is 15.5. The Hall–Kier alpha value is -4.01. The van der Waals surface area contributed by atoms with Crippen LogP contribution in [0.15, 0.2) is 40.3 Å². The normalized spacial score (nSPS) is 16.2. The molecule has 0 unspecified atom stereocenters. The predicted molar refractivity (Wildman–Crippen MR) is 85.6 cm³/mol. The molecule has 0 bridgehead atoms.